The van der Waals surface area contributed by atoms with E-state index in [9.17, 15) is 0 Å². The molecular formula is C102H96N18O24. The summed E-state index contributed by atoms with van der Waals surface area (Å²) in [6, 6.07) is 59.8. The lowest BCUT2D eigenvalue weighted by molar-refractivity contribution is -0.181. The van der Waals surface area contributed by atoms with E-state index in [1.807, 2.05) is 18.2 Å². The molecule has 42 heteroatoms. The summed E-state index contributed by atoms with van der Waals surface area (Å²) in [5.74, 6) is -10.8. The van der Waals surface area contributed by atoms with Gasteiger partial charge in [0.2, 0.25) is 0 Å². The molecular weight excluding hydrogens is 1860 g/mol. The lowest BCUT2D eigenvalue weighted by atomic mass is 9.76. The Morgan fingerprint density at radius 3 is 0.833 bits per heavy atom. The summed E-state index contributed by atoms with van der Waals surface area (Å²) in [5, 5.41) is 34.8. The van der Waals surface area contributed by atoms with Crippen LogP contribution in [0.1, 0.15) is 106 Å². The highest BCUT2D eigenvalue weighted by atomic mass is 16.8. The second-order valence-corrected chi connectivity index (χ2v) is 35.5. The third-order valence-electron chi connectivity index (χ3n) is 24.9. The van der Waals surface area contributed by atoms with Crippen LogP contribution in [0.25, 0.3) is 17.1 Å². The van der Waals surface area contributed by atoms with Crippen molar-refractivity contribution in [3.8, 4) is 52.3 Å². The van der Waals surface area contributed by atoms with Crippen molar-refractivity contribution < 1.29 is 114 Å². The molecule has 0 saturated carbocycles. The number of amides is 6. The summed E-state index contributed by atoms with van der Waals surface area (Å²) < 4.78 is 95.3. The second-order valence-electron chi connectivity index (χ2n) is 35.5. The monoisotopic (exact) mass is 1960 g/mol. The number of para-hydroxylation sites is 3. The molecule has 3 N–H and O–H groups in total. The van der Waals surface area contributed by atoms with Gasteiger partial charge >= 0.3 is 35.9 Å². The Balaban J connectivity index is 0.607. The Bertz CT molecular complexity index is 6330. The summed E-state index contributed by atoms with van der Waals surface area (Å²) in [4.78, 5) is 154. The maximum absolute atomic E-state index is 15.2. The number of anilines is 3. The highest BCUT2D eigenvalue weighted by molar-refractivity contribution is 6.26. The zero-order valence-corrected chi connectivity index (χ0v) is 79.1. The van der Waals surface area contributed by atoms with Gasteiger partial charge in [0.05, 0.1) is 93.5 Å². The van der Waals surface area contributed by atoms with E-state index >= 15 is 43.2 Å². The molecule has 0 spiro atoms. The quantitative estimate of drug-likeness (QED) is 0.0143. The number of carbonyl (C=O) groups is 9. The molecule has 9 aromatic carbocycles. The summed E-state index contributed by atoms with van der Waals surface area (Å²) >= 11 is 0. The lowest BCUT2D eigenvalue weighted by Crippen LogP contribution is -2.83. The fraction of sp³-hybridized carbons (Fsp3) is 0.294. The van der Waals surface area contributed by atoms with E-state index in [2.05, 4.69) is 61.8 Å². The van der Waals surface area contributed by atoms with Gasteiger partial charge in [-0.25, -0.2) is 28.4 Å². The number of ether oxygens (including phenoxy) is 15. The molecule has 4 aromatic heterocycles. The van der Waals surface area contributed by atoms with Gasteiger partial charge in [-0.2, -0.15) is 0 Å². The number of methoxy groups -OCH3 is 3. The van der Waals surface area contributed by atoms with E-state index in [0.717, 1.165) is 0 Å². The van der Waals surface area contributed by atoms with E-state index < -0.39 is 162 Å². The molecule has 0 radical (unpaired) electrons. The van der Waals surface area contributed by atoms with Crippen LogP contribution in [-0.4, -0.2) is 225 Å². The van der Waals surface area contributed by atoms with Crippen LogP contribution in [-0.2, 0) is 111 Å². The minimum atomic E-state index is -2.55. The number of hydrogen-bond donors (Lipinski definition) is 3. The number of nitrogens with one attached hydrogen (secondary N) is 3. The first-order valence-electron chi connectivity index (χ1n) is 45.8. The number of nitrogens with zero attached hydrogens (tertiary/aromatic N) is 15. The molecule has 0 unspecified atom stereocenters. The molecule has 6 aliphatic rings. The normalized spacial score (nSPS) is 21.6. The average Bonchev–Trinajstić information content (AvgIpc) is 1.24. The molecule has 738 valence electrons. The van der Waals surface area contributed by atoms with Crippen molar-refractivity contribution in [2.24, 2.45) is 0 Å². The standard InChI is InChI=1S/C102H96N18O24/c1-97(2)136-58-79(139-97)82-100(88(124)103-49-61-25-13-10-14-26-61,91(127)118(82)67-37-43-70(130-7)44-38-67)142-85(121)73-31-19-22-34-76(73)115-52-64(109-112-115)55-133-94-106-95(134-56-65-53-116(113-110-65)77-35-23-20-32-74(77)86(122)143-101(89(125)104-50-62-27-15-11-16-28-62)83(80-59-137-98(3,4)140-80)119(92(101)128)68-39-45-71(131-8)46-40-68)108-96(107-94)135-57-66-54-117(114-111-66)78-36-24-21-33-75(78)87(123)144-102(90(126)105-51-63-29-17-12-18-30-63)84(81-60-138-99(5,6)141-81)120(93(102)129)69-41-47-72(132-9)48-42-69/h10-48,52-54,79-84H,49-51,55-60H2,1-9H3,(H,103,124)(H,104,125)(H,105,126)/t79-,80-,81-,82+,83+,84+,100+,101+,102+/m1/s1. The Kier molecular flexibility index (Phi) is 26.5. The minimum absolute atomic E-state index is 0.0515. The highest BCUT2D eigenvalue weighted by Crippen LogP contribution is 2.50. The summed E-state index contributed by atoms with van der Waals surface area (Å²) in [6.07, 6.45) is 1.24. The number of rotatable bonds is 36. The predicted molar refractivity (Wildman–Crippen MR) is 504 cm³/mol. The van der Waals surface area contributed by atoms with E-state index in [-0.39, 0.29) is 90.3 Å². The van der Waals surface area contributed by atoms with Gasteiger partial charge in [0, 0.05) is 36.7 Å². The van der Waals surface area contributed by atoms with Crippen LogP contribution in [0, 0.1) is 0 Å². The Labute approximate surface area is 821 Å². The number of β-lactam (4-membered cyclic amide) rings is 3. The molecule has 9 atom stereocenters. The van der Waals surface area contributed by atoms with Gasteiger partial charge in [0.25, 0.3) is 52.2 Å². The largest absolute Gasteiger partial charge is 0.497 e. The number of benzene rings is 9. The van der Waals surface area contributed by atoms with Crippen molar-refractivity contribution >= 4 is 70.4 Å². The number of aromatic nitrogens is 12. The number of hydrogen-bond acceptors (Lipinski definition) is 33. The van der Waals surface area contributed by atoms with Crippen LogP contribution in [0.4, 0.5) is 17.1 Å². The SMILES string of the molecule is COc1ccc(N2C(=O)[C@@](OC(=O)c3ccccc3-n3cc(COc4nc(OCc5cn(-c6ccccc6C(=O)O[C@@]6(C(=O)NCc7ccccc7)C(=O)N(c7ccc(OC)cc7)[C@H]6[C@H]6COC(C)(C)O6)nn5)nc(OCc5cn(-c6ccccc6C(=O)O[C@@]6(C(=O)NCc7ccccc7)C(=O)N(c7ccc(OC)cc7)[C@H]6[C@H]6COC(C)(C)O6)nn5)n4)nn3)(C(=O)NCc3ccccc3)[C@@H]2[C@H]2COC(C)(C)O2)cc1. The third-order valence-corrected chi connectivity index (χ3v) is 24.9. The third kappa shape index (κ3) is 19.0. The molecule has 6 saturated heterocycles. The maximum Gasteiger partial charge on any atom is 0.342 e. The van der Waals surface area contributed by atoms with Crippen LogP contribution in [0.5, 0.6) is 35.3 Å². The van der Waals surface area contributed by atoms with E-state index in [0.29, 0.717) is 51.0 Å². The highest BCUT2D eigenvalue weighted by Gasteiger charge is 2.76. The van der Waals surface area contributed by atoms with Crippen LogP contribution in [0.2, 0.25) is 0 Å². The molecule has 42 nitrogen and oxygen atoms in total. The van der Waals surface area contributed by atoms with Crippen molar-refractivity contribution in [3.63, 3.8) is 0 Å². The zero-order valence-electron chi connectivity index (χ0n) is 79.1. The topological polar surface area (TPSA) is 469 Å². The van der Waals surface area contributed by atoms with Crippen LogP contribution >= 0.6 is 0 Å². The van der Waals surface area contributed by atoms with Gasteiger partial charge in [-0.3, -0.25) is 43.5 Å². The summed E-state index contributed by atoms with van der Waals surface area (Å²) in [7, 11) is 4.48. The van der Waals surface area contributed by atoms with Crippen molar-refractivity contribution in [2.45, 2.75) is 152 Å². The maximum atomic E-state index is 15.2. The minimum Gasteiger partial charge on any atom is -0.497 e. The number of carbonyl (C=O) groups excluding carboxylic acids is 9. The van der Waals surface area contributed by atoms with Crippen molar-refractivity contribution in [3.05, 3.63) is 306 Å². The lowest BCUT2D eigenvalue weighted by Gasteiger charge is -2.54. The van der Waals surface area contributed by atoms with Crippen molar-refractivity contribution in [2.75, 3.05) is 55.8 Å². The first-order chi connectivity index (χ1) is 69.5. The average molecular weight is 1960 g/mol. The molecule has 144 heavy (non-hydrogen) atoms. The van der Waals surface area contributed by atoms with Gasteiger partial charge in [0.15, 0.2) is 17.4 Å². The second kappa shape index (κ2) is 39.7. The smallest absolute Gasteiger partial charge is 0.342 e. The van der Waals surface area contributed by atoms with Gasteiger partial charge in [0.1, 0.15) is 90.6 Å². The van der Waals surface area contributed by atoms with Crippen molar-refractivity contribution in [1.29, 1.82) is 0 Å². The molecule has 6 aliphatic heterocycles. The predicted octanol–water partition coefficient (Wildman–Crippen LogP) is 8.71. The van der Waals surface area contributed by atoms with Gasteiger partial charge in [-0.15, -0.1) is 30.2 Å². The Morgan fingerprint density at radius 1 is 0.340 bits per heavy atom. The molecule has 0 aliphatic carbocycles. The first-order valence-corrected chi connectivity index (χ1v) is 45.8. The van der Waals surface area contributed by atoms with E-state index in [1.165, 1.54) is 105 Å². The van der Waals surface area contributed by atoms with Crippen LogP contribution in [0.15, 0.2) is 255 Å². The molecule has 6 fully saturated rings. The molecule has 0 bridgehead atoms. The summed E-state index contributed by atoms with van der Waals surface area (Å²) in [6.45, 7) is 8.31. The van der Waals surface area contributed by atoms with Crippen molar-refractivity contribution in [1.82, 2.24) is 75.9 Å². The molecule has 6 amide bonds. The Hall–Kier alpha value is -16.8. The fourth-order valence-corrected chi connectivity index (χ4v) is 18.0. The Morgan fingerprint density at radius 2 is 0.590 bits per heavy atom. The van der Waals surface area contributed by atoms with Crippen LogP contribution in [0.3, 0.4) is 0 Å². The summed E-state index contributed by atoms with van der Waals surface area (Å²) in [5.41, 5.74) is -4.40. The van der Waals surface area contributed by atoms with E-state index in [4.69, 9.17) is 71.1 Å². The van der Waals surface area contributed by atoms with Crippen LogP contribution < -0.4 is 59.1 Å². The molecule has 19 rings (SSSR count). The van der Waals surface area contributed by atoms with E-state index in [1.54, 1.807) is 224 Å². The molecule has 10 heterocycles. The van der Waals surface area contributed by atoms with Gasteiger partial charge in [-0.1, -0.05) is 143 Å². The first kappa shape index (κ1) is 96.1. The van der Waals surface area contributed by atoms with Gasteiger partial charge < -0.3 is 87.0 Å². The molecule has 13 aromatic rings. The fourth-order valence-electron chi connectivity index (χ4n) is 18.0. The van der Waals surface area contributed by atoms with Gasteiger partial charge in [-0.05, 0) is 167 Å². The zero-order chi connectivity index (χ0) is 100. The number of esters is 3.